The topological polar surface area (TPSA) is 35.5 Å². The highest BCUT2D eigenvalue weighted by Gasteiger charge is 2.29. The van der Waals surface area contributed by atoms with E-state index in [-0.39, 0.29) is 10.7 Å². The second-order valence-electron chi connectivity index (χ2n) is 5.29. The summed E-state index contributed by atoms with van der Waals surface area (Å²) in [5.41, 5.74) is 0.699. The van der Waals surface area contributed by atoms with Gasteiger partial charge in [0, 0.05) is 0 Å². The molecule has 18 heavy (non-hydrogen) atoms. The van der Waals surface area contributed by atoms with E-state index in [1.807, 2.05) is 45.0 Å². The van der Waals surface area contributed by atoms with E-state index in [4.69, 9.17) is 9.47 Å². The first-order valence-corrected chi connectivity index (χ1v) is 5.93. The number of esters is 1. The molecule has 0 aliphatic carbocycles. The van der Waals surface area contributed by atoms with Crippen LogP contribution in [-0.2, 0) is 16.0 Å². The van der Waals surface area contributed by atoms with Crippen molar-refractivity contribution in [2.24, 2.45) is 0 Å². The van der Waals surface area contributed by atoms with Gasteiger partial charge in [-0.3, -0.25) is 4.70 Å². The number of fused-ring (bicyclic) bond motifs is 1. The lowest BCUT2D eigenvalue weighted by Gasteiger charge is -2.28. The minimum atomic E-state index is -0.468. The van der Waals surface area contributed by atoms with Crippen LogP contribution < -0.4 is 4.74 Å². The molecule has 0 saturated heterocycles. The standard InChI is InChI=1S/C14H18O3.FH/c1-14(2,3)17-13(15)12-9-8-10-6-4-5-7-11(10)16-12;/h4-7,12H,8-9H2,1-3H3;1H. The molecule has 0 fully saturated rings. The lowest BCUT2D eigenvalue weighted by molar-refractivity contribution is -0.164. The fourth-order valence-electron chi connectivity index (χ4n) is 1.86. The SMILES string of the molecule is CC(C)(C)OC(=O)C1CCc2ccccc2O1.F. The van der Waals surface area contributed by atoms with E-state index in [9.17, 15) is 4.79 Å². The van der Waals surface area contributed by atoms with E-state index < -0.39 is 11.7 Å². The Hall–Kier alpha value is -1.58. The van der Waals surface area contributed by atoms with Crippen molar-refractivity contribution in [3.63, 3.8) is 0 Å². The van der Waals surface area contributed by atoms with E-state index >= 15 is 0 Å². The minimum absolute atomic E-state index is 0. The number of hydrogen-bond donors (Lipinski definition) is 0. The van der Waals surface area contributed by atoms with Gasteiger partial charge in [-0.05, 0) is 45.2 Å². The zero-order valence-corrected chi connectivity index (χ0v) is 10.9. The summed E-state index contributed by atoms with van der Waals surface area (Å²) in [5, 5.41) is 0. The van der Waals surface area contributed by atoms with Crippen LogP contribution in [0.15, 0.2) is 24.3 Å². The Morgan fingerprint density at radius 1 is 1.33 bits per heavy atom. The molecule has 0 bridgehead atoms. The van der Waals surface area contributed by atoms with Gasteiger partial charge in [0.2, 0.25) is 0 Å². The van der Waals surface area contributed by atoms with E-state index in [1.165, 1.54) is 0 Å². The zero-order valence-electron chi connectivity index (χ0n) is 10.9. The number of para-hydroxylation sites is 1. The van der Waals surface area contributed by atoms with Crippen LogP contribution >= 0.6 is 0 Å². The zero-order chi connectivity index (χ0) is 12.5. The molecule has 1 aromatic carbocycles. The third-order valence-corrected chi connectivity index (χ3v) is 2.59. The van der Waals surface area contributed by atoms with Gasteiger partial charge in [0.15, 0.2) is 6.10 Å². The summed E-state index contributed by atoms with van der Waals surface area (Å²) >= 11 is 0. The first kappa shape index (κ1) is 14.5. The largest absolute Gasteiger partial charge is 0.478 e. The third-order valence-electron chi connectivity index (χ3n) is 2.59. The van der Waals surface area contributed by atoms with Gasteiger partial charge in [-0.25, -0.2) is 4.79 Å². The fourth-order valence-corrected chi connectivity index (χ4v) is 1.86. The second kappa shape index (κ2) is 5.38. The number of ether oxygens (including phenoxy) is 2. The summed E-state index contributed by atoms with van der Waals surface area (Å²) in [6.45, 7) is 5.59. The molecule has 1 aromatic rings. The molecular weight excluding hydrogens is 235 g/mol. The van der Waals surface area contributed by atoms with E-state index in [1.54, 1.807) is 0 Å². The van der Waals surface area contributed by atoms with Crippen molar-refractivity contribution >= 4 is 5.97 Å². The monoisotopic (exact) mass is 254 g/mol. The Morgan fingerprint density at radius 2 is 2.00 bits per heavy atom. The summed E-state index contributed by atoms with van der Waals surface area (Å²) in [4.78, 5) is 11.9. The number of rotatable bonds is 1. The molecule has 100 valence electrons. The van der Waals surface area contributed by atoms with Crippen molar-refractivity contribution in [2.45, 2.75) is 45.3 Å². The van der Waals surface area contributed by atoms with Crippen LogP contribution in [0.25, 0.3) is 0 Å². The molecule has 0 amide bonds. The maximum atomic E-state index is 11.9. The Morgan fingerprint density at radius 3 is 2.67 bits per heavy atom. The van der Waals surface area contributed by atoms with E-state index in [0.29, 0.717) is 6.42 Å². The molecular formula is C14H19FO3. The smallest absolute Gasteiger partial charge is 0.347 e. The molecule has 1 aliphatic heterocycles. The van der Waals surface area contributed by atoms with Crippen LogP contribution in [0.4, 0.5) is 4.70 Å². The first-order valence-electron chi connectivity index (χ1n) is 5.93. The van der Waals surface area contributed by atoms with Crippen LogP contribution in [0.3, 0.4) is 0 Å². The normalized spacial score (nSPS) is 18.1. The highest BCUT2D eigenvalue weighted by Crippen LogP contribution is 2.28. The van der Waals surface area contributed by atoms with Crippen molar-refractivity contribution in [3.8, 4) is 5.75 Å². The van der Waals surface area contributed by atoms with E-state index in [0.717, 1.165) is 17.7 Å². The molecule has 0 N–H and O–H groups in total. The number of aryl methyl sites for hydroxylation is 1. The van der Waals surface area contributed by atoms with Gasteiger partial charge in [-0.15, -0.1) is 0 Å². The molecule has 0 saturated carbocycles. The highest BCUT2D eigenvalue weighted by molar-refractivity contribution is 5.76. The lowest BCUT2D eigenvalue weighted by atomic mass is 10.0. The molecule has 1 heterocycles. The summed E-state index contributed by atoms with van der Waals surface area (Å²) < 4.78 is 11.0. The van der Waals surface area contributed by atoms with Gasteiger partial charge in [0.1, 0.15) is 11.4 Å². The molecule has 4 heteroatoms. The Balaban J connectivity index is 0.00000162. The summed E-state index contributed by atoms with van der Waals surface area (Å²) in [7, 11) is 0. The summed E-state index contributed by atoms with van der Waals surface area (Å²) in [6.07, 6.45) is 1.08. The van der Waals surface area contributed by atoms with Gasteiger partial charge >= 0.3 is 5.97 Å². The van der Waals surface area contributed by atoms with Gasteiger partial charge in [-0.2, -0.15) is 0 Å². The van der Waals surface area contributed by atoms with Crippen molar-refractivity contribution < 1.29 is 19.0 Å². The predicted molar refractivity (Wildman–Crippen MR) is 67.5 cm³/mol. The number of carbonyl (C=O) groups excluding carboxylic acids is 1. The molecule has 0 radical (unpaired) electrons. The average molecular weight is 254 g/mol. The second-order valence-corrected chi connectivity index (χ2v) is 5.29. The highest BCUT2D eigenvalue weighted by atomic mass is 19.0. The molecule has 0 aromatic heterocycles. The minimum Gasteiger partial charge on any atom is -0.478 e. The van der Waals surface area contributed by atoms with E-state index in [2.05, 4.69) is 0 Å². The number of benzene rings is 1. The van der Waals surface area contributed by atoms with Crippen LogP contribution in [0, 0.1) is 0 Å². The van der Waals surface area contributed by atoms with Gasteiger partial charge in [-0.1, -0.05) is 18.2 Å². The predicted octanol–water partition coefficient (Wildman–Crippen LogP) is 2.87. The van der Waals surface area contributed by atoms with Crippen molar-refractivity contribution in [1.29, 1.82) is 0 Å². The molecule has 2 rings (SSSR count). The Labute approximate surface area is 106 Å². The van der Waals surface area contributed by atoms with Gasteiger partial charge in [0.25, 0.3) is 0 Å². The quantitative estimate of drug-likeness (QED) is 0.723. The summed E-state index contributed by atoms with van der Waals surface area (Å²) in [6, 6.07) is 7.82. The molecule has 1 atom stereocenters. The fraction of sp³-hybridized carbons (Fsp3) is 0.500. The van der Waals surface area contributed by atoms with Crippen LogP contribution in [0.1, 0.15) is 32.8 Å². The molecule has 0 spiro atoms. The van der Waals surface area contributed by atoms with Crippen LogP contribution in [-0.4, -0.2) is 17.7 Å². The van der Waals surface area contributed by atoms with Crippen molar-refractivity contribution in [3.05, 3.63) is 29.8 Å². The van der Waals surface area contributed by atoms with Crippen molar-refractivity contribution in [1.82, 2.24) is 0 Å². The Kier molecular flexibility index (Phi) is 4.33. The van der Waals surface area contributed by atoms with Crippen LogP contribution in [0.5, 0.6) is 5.75 Å². The lowest BCUT2D eigenvalue weighted by Crippen LogP contribution is -2.37. The number of carbonyl (C=O) groups is 1. The van der Waals surface area contributed by atoms with Crippen LogP contribution in [0.2, 0.25) is 0 Å². The van der Waals surface area contributed by atoms with Gasteiger partial charge in [0.05, 0.1) is 0 Å². The first-order chi connectivity index (χ1) is 7.96. The maximum Gasteiger partial charge on any atom is 0.347 e. The average Bonchev–Trinajstić information content (AvgIpc) is 2.26. The molecule has 1 unspecified atom stereocenters. The number of hydrogen-bond acceptors (Lipinski definition) is 3. The third kappa shape index (κ3) is 3.45. The Bertz CT molecular complexity index is 423. The maximum absolute atomic E-state index is 11.9. The number of halogens is 1. The van der Waals surface area contributed by atoms with Crippen molar-refractivity contribution in [2.75, 3.05) is 0 Å². The molecule has 1 aliphatic rings. The van der Waals surface area contributed by atoms with Gasteiger partial charge < -0.3 is 9.47 Å². The summed E-state index contributed by atoms with van der Waals surface area (Å²) in [5.74, 6) is 0.529. The molecule has 3 nitrogen and oxygen atoms in total.